The van der Waals surface area contributed by atoms with Gasteiger partial charge in [0.1, 0.15) is 5.01 Å². The smallest absolute Gasteiger partial charge is 0.243 e. The standard InChI is InChI=1S/C24H27N3O2S/c1-5-18-6-8-19(9-7-18)24-26-20(14-30-24)12-21(28)25-13-22(29)27-23-16(3)10-15(2)11-17(23)4/h6-11,14H,5,12-13H2,1-4H3,(H,25,28)(H,27,29). The van der Waals surface area contributed by atoms with Crippen molar-refractivity contribution in [2.75, 3.05) is 11.9 Å². The Balaban J connectivity index is 1.52. The number of nitrogens with zero attached hydrogens (tertiary/aromatic N) is 1. The van der Waals surface area contributed by atoms with Crippen molar-refractivity contribution in [1.29, 1.82) is 0 Å². The molecule has 0 aliphatic heterocycles. The summed E-state index contributed by atoms with van der Waals surface area (Å²) < 4.78 is 0. The molecule has 0 saturated heterocycles. The summed E-state index contributed by atoms with van der Waals surface area (Å²) in [5.41, 5.74) is 7.01. The molecule has 0 spiro atoms. The highest BCUT2D eigenvalue weighted by atomic mass is 32.1. The number of anilines is 1. The first-order valence-corrected chi connectivity index (χ1v) is 10.9. The molecule has 3 aromatic rings. The lowest BCUT2D eigenvalue weighted by Crippen LogP contribution is -2.34. The summed E-state index contributed by atoms with van der Waals surface area (Å²) in [5.74, 6) is -0.464. The molecule has 1 aromatic heterocycles. The van der Waals surface area contributed by atoms with Crippen molar-refractivity contribution in [3.05, 3.63) is 69.7 Å². The number of hydrogen-bond acceptors (Lipinski definition) is 4. The largest absolute Gasteiger partial charge is 0.347 e. The third-order valence-electron chi connectivity index (χ3n) is 4.89. The predicted molar refractivity (Wildman–Crippen MR) is 123 cm³/mol. The number of aromatic nitrogens is 1. The average Bonchev–Trinajstić information content (AvgIpc) is 3.17. The van der Waals surface area contributed by atoms with Crippen LogP contribution in [0.5, 0.6) is 0 Å². The van der Waals surface area contributed by atoms with E-state index in [1.165, 1.54) is 16.9 Å². The maximum atomic E-state index is 12.3. The molecular weight excluding hydrogens is 394 g/mol. The predicted octanol–water partition coefficient (Wildman–Crippen LogP) is 4.60. The van der Waals surface area contributed by atoms with Gasteiger partial charge in [0.2, 0.25) is 11.8 Å². The van der Waals surface area contributed by atoms with Gasteiger partial charge in [-0.3, -0.25) is 9.59 Å². The second-order valence-corrected chi connectivity index (χ2v) is 8.33. The number of carbonyl (C=O) groups is 2. The second kappa shape index (κ2) is 9.67. The Morgan fingerprint density at radius 3 is 2.30 bits per heavy atom. The van der Waals surface area contributed by atoms with Crippen molar-refractivity contribution in [2.45, 2.75) is 40.5 Å². The van der Waals surface area contributed by atoms with E-state index in [0.29, 0.717) is 5.69 Å². The van der Waals surface area contributed by atoms with Crippen molar-refractivity contribution in [1.82, 2.24) is 10.3 Å². The molecule has 0 unspecified atom stereocenters. The van der Waals surface area contributed by atoms with Gasteiger partial charge in [0.25, 0.3) is 0 Å². The molecule has 0 aliphatic rings. The zero-order valence-corrected chi connectivity index (χ0v) is 18.7. The molecule has 0 radical (unpaired) electrons. The number of thiazole rings is 1. The summed E-state index contributed by atoms with van der Waals surface area (Å²) in [5, 5.41) is 8.35. The minimum atomic E-state index is -0.242. The van der Waals surface area contributed by atoms with Gasteiger partial charge in [-0.2, -0.15) is 0 Å². The van der Waals surface area contributed by atoms with Gasteiger partial charge in [0, 0.05) is 16.6 Å². The van der Waals surface area contributed by atoms with Gasteiger partial charge in [-0.05, 0) is 43.9 Å². The van der Waals surface area contributed by atoms with Crippen molar-refractivity contribution >= 4 is 28.8 Å². The molecule has 5 nitrogen and oxygen atoms in total. The van der Waals surface area contributed by atoms with E-state index in [0.717, 1.165) is 39.4 Å². The first-order valence-electron chi connectivity index (χ1n) is 10.0. The Bertz CT molecular complexity index is 1030. The average molecular weight is 422 g/mol. The molecule has 0 bridgehead atoms. The molecule has 156 valence electrons. The SMILES string of the molecule is CCc1ccc(-c2nc(CC(=O)NCC(=O)Nc3c(C)cc(C)cc3C)cs2)cc1. The van der Waals surface area contributed by atoms with Crippen LogP contribution in [0, 0.1) is 20.8 Å². The van der Waals surface area contributed by atoms with Crippen LogP contribution in [0.15, 0.2) is 41.8 Å². The molecule has 2 N–H and O–H groups in total. The van der Waals surface area contributed by atoms with Crippen LogP contribution in [0.1, 0.15) is 34.9 Å². The Kier molecular flexibility index (Phi) is 7.00. The topological polar surface area (TPSA) is 71.1 Å². The van der Waals surface area contributed by atoms with E-state index in [1.807, 2.05) is 38.3 Å². The van der Waals surface area contributed by atoms with Crippen molar-refractivity contribution < 1.29 is 9.59 Å². The van der Waals surface area contributed by atoms with Crippen LogP contribution >= 0.6 is 11.3 Å². The molecule has 30 heavy (non-hydrogen) atoms. The summed E-state index contributed by atoms with van der Waals surface area (Å²) in [6, 6.07) is 12.4. The molecule has 0 aliphatic carbocycles. The lowest BCUT2D eigenvalue weighted by molar-refractivity contribution is -0.123. The fourth-order valence-electron chi connectivity index (χ4n) is 3.37. The van der Waals surface area contributed by atoms with E-state index < -0.39 is 0 Å². The van der Waals surface area contributed by atoms with Crippen molar-refractivity contribution in [3.63, 3.8) is 0 Å². The number of hydrogen-bond donors (Lipinski definition) is 2. The quantitative estimate of drug-likeness (QED) is 0.586. The fraction of sp³-hybridized carbons (Fsp3) is 0.292. The molecule has 6 heteroatoms. The van der Waals surface area contributed by atoms with E-state index >= 15 is 0 Å². The molecular formula is C24H27N3O2S. The summed E-state index contributed by atoms with van der Waals surface area (Å²) in [7, 11) is 0. The monoisotopic (exact) mass is 421 g/mol. The lowest BCUT2D eigenvalue weighted by Gasteiger charge is -2.13. The van der Waals surface area contributed by atoms with Gasteiger partial charge in [0.05, 0.1) is 18.7 Å². The Hall–Kier alpha value is -2.99. The van der Waals surface area contributed by atoms with E-state index in [-0.39, 0.29) is 24.8 Å². The fourth-order valence-corrected chi connectivity index (χ4v) is 4.20. The van der Waals surface area contributed by atoms with Crippen LogP contribution in [0.3, 0.4) is 0 Å². The molecule has 0 atom stereocenters. The third kappa shape index (κ3) is 5.54. The van der Waals surface area contributed by atoms with Crippen LogP contribution < -0.4 is 10.6 Å². The number of amides is 2. The van der Waals surface area contributed by atoms with Crippen molar-refractivity contribution in [3.8, 4) is 10.6 Å². The van der Waals surface area contributed by atoms with Gasteiger partial charge >= 0.3 is 0 Å². The van der Waals surface area contributed by atoms with Crippen molar-refractivity contribution in [2.24, 2.45) is 0 Å². The molecule has 2 aromatic carbocycles. The van der Waals surface area contributed by atoms with Gasteiger partial charge in [0.15, 0.2) is 0 Å². The minimum Gasteiger partial charge on any atom is -0.347 e. The molecule has 0 saturated carbocycles. The van der Waals surface area contributed by atoms with Gasteiger partial charge < -0.3 is 10.6 Å². The summed E-state index contributed by atoms with van der Waals surface area (Å²) in [6.45, 7) is 8.00. The third-order valence-corrected chi connectivity index (χ3v) is 5.83. The molecule has 1 heterocycles. The van der Waals surface area contributed by atoms with E-state index in [1.54, 1.807) is 0 Å². The number of nitrogens with one attached hydrogen (secondary N) is 2. The number of aryl methyl sites for hydroxylation is 4. The van der Waals surface area contributed by atoms with Gasteiger partial charge in [-0.15, -0.1) is 11.3 Å². The van der Waals surface area contributed by atoms with E-state index in [2.05, 4.69) is 46.8 Å². The highest BCUT2D eigenvalue weighted by Gasteiger charge is 2.12. The maximum Gasteiger partial charge on any atom is 0.243 e. The Labute approximate surface area is 181 Å². The second-order valence-electron chi connectivity index (χ2n) is 7.47. The summed E-state index contributed by atoms with van der Waals surface area (Å²) in [4.78, 5) is 29.1. The van der Waals surface area contributed by atoms with Gasteiger partial charge in [-0.1, -0.05) is 48.9 Å². The van der Waals surface area contributed by atoms with Crippen LogP contribution in [0.25, 0.3) is 10.6 Å². The van der Waals surface area contributed by atoms with E-state index in [9.17, 15) is 9.59 Å². The highest BCUT2D eigenvalue weighted by molar-refractivity contribution is 7.13. The number of benzene rings is 2. The first kappa shape index (κ1) is 21.7. The maximum absolute atomic E-state index is 12.3. The molecule has 3 rings (SSSR count). The molecule has 2 amide bonds. The number of carbonyl (C=O) groups excluding carboxylic acids is 2. The zero-order chi connectivity index (χ0) is 21.7. The minimum absolute atomic E-state index is 0.0684. The van der Waals surface area contributed by atoms with E-state index in [4.69, 9.17) is 0 Å². The van der Waals surface area contributed by atoms with Crippen LogP contribution in [0.4, 0.5) is 5.69 Å². The van der Waals surface area contributed by atoms with Crippen LogP contribution in [-0.4, -0.2) is 23.3 Å². The highest BCUT2D eigenvalue weighted by Crippen LogP contribution is 2.24. The Morgan fingerprint density at radius 1 is 1.00 bits per heavy atom. The number of rotatable bonds is 7. The van der Waals surface area contributed by atoms with Gasteiger partial charge in [-0.25, -0.2) is 4.98 Å². The normalized spacial score (nSPS) is 10.7. The first-order chi connectivity index (χ1) is 14.4. The lowest BCUT2D eigenvalue weighted by atomic mass is 10.1. The zero-order valence-electron chi connectivity index (χ0n) is 17.8. The summed E-state index contributed by atoms with van der Waals surface area (Å²) in [6.07, 6.45) is 1.15. The summed E-state index contributed by atoms with van der Waals surface area (Å²) >= 11 is 1.52. The van der Waals surface area contributed by atoms with Crippen LogP contribution in [0.2, 0.25) is 0 Å². The molecule has 0 fully saturated rings. The van der Waals surface area contributed by atoms with Crippen LogP contribution in [-0.2, 0) is 22.4 Å². The Morgan fingerprint density at radius 2 is 1.67 bits per heavy atom.